The molecule has 1 amide bonds. The fraction of sp³-hybridized carbons (Fsp3) is 0.400. The lowest BCUT2D eigenvalue weighted by Gasteiger charge is -2.05. The van der Waals surface area contributed by atoms with Crippen molar-refractivity contribution < 1.29 is 4.79 Å². The first-order chi connectivity index (χ1) is 9.74. The number of carbonyl (C=O) groups is 1. The second-order valence-electron chi connectivity index (χ2n) is 4.87. The van der Waals surface area contributed by atoms with Crippen LogP contribution in [0.15, 0.2) is 30.6 Å². The van der Waals surface area contributed by atoms with Crippen molar-refractivity contribution in [1.82, 2.24) is 20.5 Å². The second-order valence-corrected chi connectivity index (χ2v) is 4.87. The van der Waals surface area contributed by atoms with Gasteiger partial charge in [0.1, 0.15) is 12.2 Å². The van der Waals surface area contributed by atoms with E-state index in [0.717, 1.165) is 25.1 Å². The van der Waals surface area contributed by atoms with Crippen molar-refractivity contribution in [3.63, 3.8) is 0 Å². The van der Waals surface area contributed by atoms with Gasteiger partial charge >= 0.3 is 0 Å². The fourth-order valence-electron chi connectivity index (χ4n) is 2.05. The number of aryl methyl sites for hydroxylation is 3. The highest BCUT2D eigenvalue weighted by Crippen LogP contribution is 2.06. The number of aromatic nitrogens is 3. The number of carbonyl (C=O) groups excluding carboxylic acids is 1. The Kier molecular flexibility index (Phi) is 5.29. The van der Waals surface area contributed by atoms with Gasteiger partial charge in [-0.15, -0.1) is 0 Å². The molecule has 0 aliphatic rings. The molecule has 0 radical (unpaired) electrons. The molecule has 2 aromatic rings. The molecule has 0 saturated heterocycles. The first-order valence-corrected chi connectivity index (χ1v) is 6.90. The molecule has 0 saturated carbocycles. The van der Waals surface area contributed by atoms with E-state index >= 15 is 0 Å². The van der Waals surface area contributed by atoms with E-state index < -0.39 is 0 Å². The van der Waals surface area contributed by atoms with Crippen LogP contribution in [0.1, 0.15) is 29.8 Å². The Hall–Kier alpha value is -2.17. The number of nitrogens with zero attached hydrogens (tertiary/aromatic N) is 2. The zero-order valence-electron chi connectivity index (χ0n) is 11.7. The van der Waals surface area contributed by atoms with Crippen LogP contribution in [-0.2, 0) is 17.6 Å². The van der Waals surface area contributed by atoms with Gasteiger partial charge in [-0.3, -0.25) is 9.89 Å². The molecule has 1 heterocycles. The van der Waals surface area contributed by atoms with Crippen LogP contribution in [0, 0.1) is 6.92 Å². The minimum Gasteiger partial charge on any atom is -0.356 e. The van der Waals surface area contributed by atoms with E-state index in [4.69, 9.17) is 0 Å². The molecule has 0 fully saturated rings. The average Bonchev–Trinajstić information content (AvgIpc) is 2.95. The van der Waals surface area contributed by atoms with Crippen molar-refractivity contribution in [3.8, 4) is 0 Å². The molecule has 20 heavy (non-hydrogen) atoms. The van der Waals surface area contributed by atoms with Gasteiger partial charge in [-0.1, -0.05) is 29.8 Å². The number of rotatable bonds is 7. The first kappa shape index (κ1) is 14.2. The molecule has 2 rings (SSSR count). The summed E-state index contributed by atoms with van der Waals surface area (Å²) in [5.41, 5.74) is 2.44. The minimum absolute atomic E-state index is 0.101. The van der Waals surface area contributed by atoms with Crippen molar-refractivity contribution in [3.05, 3.63) is 47.5 Å². The van der Waals surface area contributed by atoms with Crippen molar-refractivity contribution >= 4 is 5.91 Å². The monoisotopic (exact) mass is 272 g/mol. The number of hydrogen-bond acceptors (Lipinski definition) is 3. The summed E-state index contributed by atoms with van der Waals surface area (Å²) in [6, 6.07) is 8.27. The summed E-state index contributed by atoms with van der Waals surface area (Å²) in [4.78, 5) is 15.8. The largest absolute Gasteiger partial charge is 0.356 e. The maximum Gasteiger partial charge on any atom is 0.220 e. The van der Waals surface area contributed by atoms with Gasteiger partial charge in [0.2, 0.25) is 5.91 Å². The highest BCUT2D eigenvalue weighted by atomic mass is 16.1. The van der Waals surface area contributed by atoms with Crippen LogP contribution in [0.25, 0.3) is 0 Å². The summed E-state index contributed by atoms with van der Waals surface area (Å²) >= 11 is 0. The maximum absolute atomic E-state index is 11.7. The van der Waals surface area contributed by atoms with Gasteiger partial charge in [0.25, 0.3) is 0 Å². The summed E-state index contributed by atoms with van der Waals surface area (Å²) in [6.07, 6.45) is 4.49. The Balaban J connectivity index is 1.61. The zero-order chi connectivity index (χ0) is 14.2. The van der Waals surface area contributed by atoms with Crippen LogP contribution in [0.2, 0.25) is 0 Å². The zero-order valence-corrected chi connectivity index (χ0v) is 11.7. The van der Waals surface area contributed by atoms with Crippen LogP contribution in [0.3, 0.4) is 0 Å². The van der Waals surface area contributed by atoms with Gasteiger partial charge < -0.3 is 5.32 Å². The number of H-pyrrole nitrogens is 1. The lowest BCUT2D eigenvalue weighted by Crippen LogP contribution is -2.25. The fourth-order valence-corrected chi connectivity index (χ4v) is 2.05. The Morgan fingerprint density at radius 1 is 1.35 bits per heavy atom. The van der Waals surface area contributed by atoms with Crippen LogP contribution >= 0.6 is 0 Å². The predicted octanol–water partition coefficient (Wildman–Crippen LogP) is 1.79. The molecule has 0 aliphatic heterocycles. The van der Waals surface area contributed by atoms with Gasteiger partial charge in [-0.05, 0) is 25.3 Å². The molecule has 0 aliphatic carbocycles. The Morgan fingerprint density at radius 3 is 3.00 bits per heavy atom. The Bertz CT molecular complexity index is 537. The number of hydrogen-bond donors (Lipinski definition) is 2. The normalized spacial score (nSPS) is 10.4. The number of amides is 1. The van der Waals surface area contributed by atoms with E-state index in [0.29, 0.717) is 13.0 Å². The van der Waals surface area contributed by atoms with E-state index in [2.05, 4.69) is 45.6 Å². The summed E-state index contributed by atoms with van der Waals surface area (Å²) < 4.78 is 0. The number of aromatic amines is 1. The maximum atomic E-state index is 11.7. The highest BCUT2D eigenvalue weighted by molar-refractivity contribution is 5.76. The molecule has 0 unspecified atom stereocenters. The standard InChI is InChI=1S/C15H20N4O/c1-12-4-2-5-13(10-12)7-8-15(20)16-9-3-6-14-17-11-18-19-14/h2,4-5,10-11H,3,6-9H2,1H3,(H,16,20)(H,17,18,19). The second kappa shape index (κ2) is 7.43. The van der Waals surface area contributed by atoms with Gasteiger partial charge in [0, 0.05) is 19.4 Å². The minimum atomic E-state index is 0.101. The predicted molar refractivity (Wildman–Crippen MR) is 77.2 cm³/mol. The topological polar surface area (TPSA) is 70.7 Å². The molecule has 0 spiro atoms. The van der Waals surface area contributed by atoms with Gasteiger partial charge in [0.05, 0.1) is 0 Å². The third kappa shape index (κ3) is 4.84. The number of benzene rings is 1. The van der Waals surface area contributed by atoms with Crippen molar-refractivity contribution in [1.29, 1.82) is 0 Å². The third-order valence-corrected chi connectivity index (χ3v) is 3.10. The summed E-state index contributed by atoms with van der Waals surface area (Å²) in [7, 11) is 0. The van der Waals surface area contributed by atoms with E-state index in [1.807, 2.05) is 6.07 Å². The quantitative estimate of drug-likeness (QED) is 0.755. The summed E-state index contributed by atoms with van der Waals surface area (Å²) in [5.74, 6) is 0.961. The van der Waals surface area contributed by atoms with E-state index in [1.165, 1.54) is 17.5 Å². The molecule has 1 aromatic carbocycles. The number of nitrogens with one attached hydrogen (secondary N) is 2. The molecular weight excluding hydrogens is 252 g/mol. The summed E-state index contributed by atoms with van der Waals surface area (Å²) in [5, 5.41) is 9.51. The van der Waals surface area contributed by atoms with Gasteiger partial charge in [-0.25, -0.2) is 4.98 Å². The molecule has 106 valence electrons. The third-order valence-electron chi connectivity index (χ3n) is 3.10. The summed E-state index contributed by atoms with van der Waals surface area (Å²) in [6.45, 7) is 2.74. The average molecular weight is 272 g/mol. The van der Waals surface area contributed by atoms with E-state index in [1.54, 1.807) is 0 Å². The van der Waals surface area contributed by atoms with Crippen LogP contribution < -0.4 is 5.32 Å². The van der Waals surface area contributed by atoms with Crippen LogP contribution in [-0.4, -0.2) is 27.6 Å². The molecule has 5 heteroatoms. The van der Waals surface area contributed by atoms with Gasteiger partial charge in [-0.2, -0.15) is 5.10 Å². The Morgan fingerprint density at radius 2 is 2.25 bits per heavy atom. The molecule has 2 N–H and O–H groups in total. The lowest BCUT2D eigenvalue weighted by atomic mass is 10.1. The molecular formula is C15H20N4O. The molecule has 0 atom stereocenters. The van der Waals surface area contributed by atoms with E-state index in [9.17, 15) is 4.79 Å². The lowest BCUT2D eigenvalue weighted by molar-refractivity contribution is -0.121. The van der Waals surface area contributed by atoms with Crippen LogP contribution in [0.5, 0.6) is 0 Å². The molecule has 5 nitrogen and oxygen atoms in total. The van der Waals surface area contributed by atoms with Gasteiger partial charge in [0.15, 0.2) is 0 Å². The van der Waals surface area contributed by atoms with Crippen molar-refractivity contribution in [2.45, 2.75) is 32.6 Å². The van der Waals surface area contributed by atoms with E-state index in [-0.39, 0.29) is 5.91 Å². The smallest absolute Gasteiger partial charge is 0.220 e. The highest BCUT2D eigenvalue weighted by Gasteiger charge is 2.02. The van der Waals surface area contributed by atoms with Crippen LogP contribution in [0.4, 0.5) is 0 Å². The van der Waals surface area contributed by atoms with Crippen molar-refractivity contribution in [2.75, 3.05) is 6.54 Å². The Labute approximate surface area is 118 Å². The SMILES string of the molecule is Cc1cccc(CCC(=O)NCCCc2ncn[nH]2)c1. The molecule has 0 bridgehead atoms. The molecule has 1 aromatic heterocycles. The first-order valence-electron chi connectivity index (χ1n) is 6.90. The van der Waals surface area contributed by atoms with Crippen molar-refractivity contribution in [2.24, 2.45) is 0 Å².